The largest absolute Gasteiger partial charge is 0.393 e. The van der Waals surface area contributed by atoms with Gasteiger partial charge in [0.2, 0.25) is 0 Å². The van der Waals surface area contributed by atoms with Crippen molar-refractivity contribution < 1.29 is 5.11 Å². The number of hydrogen-bond acceptors (Lipinski definition) is 1. The molecule has 0 aromatic heterocycles. The molecule has 0 spiro atoms. The minimum atomic E-state index is -0.232. The predicted octanol–water partition coefficient (Wildman–Crippen LogP) is 2.93. The van der Waals surface area contributed by atoms with Crippen molar-refractivity contribution in [1.29, 1.82) is 0 Å². The summed E-state index contributed by atoms with van der Waals surface area (Å²) >= 11 is 5.38. The molecular weight excluding hydrogens is 160 g/mol. The Morgan fingerprint density at radius 1 is 1.55 bits per heavy atom. The van der Waals surface area contributed by atoms with E-state index in [9.17, 15) is 5.11 Å². The maximum Gasteiger partial charge on any atom is 0.0600 e. The molecule has 0 heterocycles. The molecule has 0 bridgehead atoms. The maximum atomic E-state index is 9.47. The Labute approximate surface area is 74.1 Å². The van der Waals surface area contributed by atoms with E-state index in [1.165, 1.54) is 5.54 Å². The summed E-state index contributed by atoms with van der Waals surface area (Å²) in [6.07, 6.45) is 4.68. The van der Waals surface area contributed by atoms with Gasteiger partial charge in [-0.15, -0.1) is 0 Å². The number of unbranched alkanes of at least 4 members (excludes halogenated alkanes) is 1. The van der Waals surface area contributed by atoms with Gasteiger partial charge in [0.05, 0.1) is 6.10 Å². The zero-order chi connectivity index (χ0) is 8.69. The fourth-order valence-electron chi connectivity index (χ4n) is 0.919. The molecule has 0 aromatic carbocycles. The summed E-state index contributed by atoms with van der Waals surface area (Å²) in [5.41, 5.74) is 1.47. The van der Waals surface area contributed by atoms with Crippen LogP contribution in [-0.4, -0.2) is 11.2 Å². The molecule has 0 radical (unpaired) electrons. The Bertz CT molecular complexity index is 112. The third-order valence-corrected chi connectivity index (χ3v) is 1.98. The van der Waals surface area contributed by atoms with Crippen molar-refractivity contribution >= 4 is 11.6 Å². The SMILES string of the molecule is CCCC[C@@H](O)[C@@H](C)/C=C\Cl. The van der Waals surface area contributed by atoms with Gasteiger partial charge in [-0.3, -0.25) is 0 Å². The fourth-order valence-corrected chi connectivity index (χ4v) is 1.15. The van der Waals surface area contributed by atoms with Crippen LogP contribution >= 0.6 is 11.6 Å². The van der Waals surface area contributed by atoms with Crippen molar-refractivity contribution in [2.24, 2.45) is 5.92 Å². The van der Waals surface area contributed by atoms with Gasteiger partial charge in [0.15, 0.2) is 0 Å². The first-order chi connectivity index (χ1) is 5.22. The zero-order valence-corrected chi connectivity index (χ0v) is 8.01. The van der Waals surface area contributed by atoms with Crippen molar-refractivity contribution in [3.8, 4) is 0 Å². The molecule has 66 valence electrons. The van der Waals surface area contributed by atoms with Gasteiger partial charge in [-0.2, -0.15) is 0 Å². The summed E-state index contributed by atoms with van der Waals surface area (Å²) in [4.78, 5) is 0. The molecule has 0 amide bonds. The lowest BCUT2D eigenvalue weighted by Crippen LogP contribution is -2.14. The molecule has 0 saturated heterocycles. The lowest BCUT2D eigenvalue weighted by Gasteiger charge is -2.13. The lowest BCUT2D eigenvalue weighted by atomic mass is 10.0. The highest BCUT2D eigenvalue weighted by Gasteiger charge is 2.09. The molecule has 0 aliphatic carbocycles. The number of halogens is 1. The molecule has 11 heavy (non-hydrogen) atoms. The first kappa shape index (κ1) is 11.0. The van der Waals surface area contributed by atoms with E-state index >= 15 is 0 Å². The van der Waals surface area contributed by atoms with Crippen molar-refractivity contribution in [2.75, 3.05) is 0 Å². The predicted molar refractivity (Wildman–Crippen MR) is 49.7 cm³/mol. The smallest absolute Gasteiger partial charge is 0.0600 e. The van der Waals surface area contributed by atoms with Gasteiger partial charge in [0.25, 0.3) is 0 Å². The molecule has 2 atom stereocenters. The van der Waals surface area contributed by atoms with Crippen LogP contribution in [-0.2, 0) is 0 Å². The first-order valence-corrected chi connectivity index (χ1v) is 4.61. The minimum absolute atomic E-state index is 0.180. The van der Waals surface area contributed by atoms with E-state index in [0.717, 1.165) is 19.3 Å². The van der Waals surface area contributed by atoms with Gasteiger partial charge in [-0.05, 0) is 6.42 Å². The van der Waals surface area contributed by atoms with E-state index < -0.39 is 0 Å². The van der Waals surface area contributed by atoms with Crippen LogP contribution in [0.25, 0.3) is 0 Å². The van der Waals surface area contributed by atoms with Crippen LogP contribution < -0.4 is 0 Å². The summed E-state index contributed by atoms with van der Waals surface area (Å²) in [6, 6.07) is 0. The summed E-state index contributed by atoms with van der Waals surface area (Å²) in [5.74, 6) is 0.180. The maximum absolute atomic E-state index is 9.47. The highest BCUT2D eigenvalue weighted by Crippen LogP contribution is 2.11. The normalized spacial score (nSPS) is 17.1. The highest BCUT2D eigenvalue weighted by molar-refractivity contribution is 6.25. The van der Waals surface area contributed by atoms with Crippen molar-refractivity contribution in [1.82, 2.24) is 0 Å². The van der Waals surface area contributed by atoms with E-state index in [0.29, 0.717) is 0 Å². The molecule has 0 aromatic rings. The molecule has 0 rings (SSSR count). The Hall–Kier alpha value is -0.0100. The number of rotatable bonds is 5. The van der Waals surface area contributed by atoms with E-state index in [-0.39, 0.29) is 12.0 Å². The van der Waals surface area contributed by atoms with Crippen LogP contribution in [0.15, 0.2) is 11.6 Å². The van der Waals surface area contributed by atoms with Crippen molar-refractivity contribution in [3.63, 3.8) is 0 Å². The van der Waals surface area contributed by atoms with Crippen LogP contribution in [0.2, 0.25) is 0 Å². The van der Waals surface area contributed by atoms with Crippen LogP contribution in [0.3, 0.4) is 0 Å². The third kappa shape index (κ3) is 5.28. The first-order valence-electron chi connectivity index (χ1n) is 4.17. The number of aliphatic hydroxyl groups is 1. The van der Waals surface area contributed by atoms with Crippen LogP contribution in [0.1, 0.15) is 33.1 Å². The fraction of sp³-hybridized carbons (Fsp3) is 0.778. The molecular formula is C9H17ClO. The van der Waals surface area contributed by atoms with Gasteiger partial charge < -0.3 is 5.11 Å². The van der Waals surface area contributed by atoms with Crippen molar-refractivity contribution in [2.45, 2.75) is 39.2 Å². The second-order valence-electron chi connectivity index (χ2n) is 2.89. The molecule has 1 nitrogen and oxygen atoms in total. The van der Waals surface area contributed by atoms with E-state index in [4.69, 9.17) is 11.6 Å². The van der Waals surface area contributed by atoms with Gasteiger partial charge in [-0.25, -0.2) is 0 Å². The summed E-state index contributed by atoms with van der Waals surface area (Å²) < 4.78 is 0. The van der Waals surface area contributed by atoms with Gasteiger partial charge >= 0.3 is 0 Å². The lowest BCUT2D eigenvalue weighted by molar-refractivity contribution is 0.125. The zero-order valence-electron chi connectivity index (χ0n) is 7.26. The molecule has 0 aliphatic heterocycles. The van der Waals surface area contributed by atoms with Gasteiger partial charge in [-0.1, -0.05) is 44.4 Å². The standard InChI is InChI=1S/C9H17ClO/c1-3-4-5-9(11)8(2)6-7-10/h6-9,11H,3-5H2,1-2H3/b7-6-/t8-,9+/m0/s1. The Balaban J connectivity index is 3.54. The van der Waals surface area contributed by atoms with Crippen LogP contribution in [0.4, 0.5) is 0 Å². The van der Waals surface area contributed by atoms with E-state index in [1.54, 1.807) is 0 Å². The van der Waals surface area contributed by atoms with Crippen LogP contribution in [0.5, 0.6) is 0 Å². The Kier molecular flexibility index (Phi) is 6.68. The molecule has 0 unspecified atom stereocenters. The van der Waals surface area contributed by atoms with Gasteiger partial charge in [0, 0.05) is 11.5 Å². The second-order valence-corrected chi connectivity index (χ2v) is 3.14. The molecule has 0 fully saturated rings. The summed E-state index contributed by atoms with van der Waals surface area (Å²) in [6.45, 7) is 4.09. The summed E-state index contributed by atoms with van der Waals surface area (Å²) in [7, 11) is 0. The molecule has 0 aliphatic rings. The van der Waals surface area contributed by atoms with Crippen LogP contribution in [0, 0.1) is 5.92 Å². The van der Waals surface area contributed by atoms with Gasteiger partial charge in [0.1, 0.15) is 0 Å². The summed E-state index contributed by atoms with van der Waals surface area (Å²) in [5, 5.41) is 9.47. The quantitative estimate of drug-likeness (QED) is 0.683. The van der Waals surface area contributed by atoms with Crippen molar-refractivity contribution in [3.05, 3.63) is 11.6 Å². The highest BCUT2D eigenvalue weighted by atomic mass is 35.5. The third-order valence-electron chi connectivity index (χ3n) is 1.84. The monoisotopic (exact) mass is 176 g/mol. The topological polar surface area (TPSA) is 20.2 Å². The Morgan fingerprint density at radius 3 is 2.64 bits per heavy atom. The van der Waals surface area contributed by atoms with E-state index in [1.807, 2.05) is 13.0 Å². The second kappa shape index (κ2) is 6.68. The minimum Gasteiger partial charge on any atom is -0.393 e. The number of hydrogen-bond donors (Lipinski definition) is 1. The average Bonchev–Trinajstić information content (AvgIpc) is 2.00. The molecule has 1 N–H and O–H groups in total. The molecule has 0 saturated carbocycles. The number of aliphatic hydroxyl groups excluding tert-OH is 1. The van der Waals surface area contributed by atoms with E-state index in [2.05, 4.69) is 6.92 Å². The average molecular weight is 177 g/mol. The Morgan fingerprint density at radius 2 is 2.18 bits per heavy atom. The molecule has 2 heteroatoms.